The molecule has 2 aromatic rings. The number of nitrogen functional groups attached to an aromatic ring is 1. The molecule has 8 heteroatoms. The Labute approximate surface area is 137 Å². The van der Waals surface area contributed by atoms with E-state index in [2.05, 4.69) is 20.3 Å². The number of aromatic amines is 1. The van der Waals surface area contributed by atoms with E-state index in [0.29, 0.717) is 16.3 Å². The van der Waals surface area contributed by atoms with Gasteiger partial charge in [-0.1, -0.05) is 0 Å². The number of nitrogens with one attached hydrogen (secondary N) is 2. The first-order valence-corrected chi connectivity index (χ1v) is 8.46. The first-order chi connectivity index (χ1) is 11.1. The highest BCUT2D eigenvalue weighted by atomic mass is 32.2. The summed E-state index contributed by atoms with van der Waals surface area (Å²) in [6.07, 6.45) is 5.06. The van der Waals surface area contributed by atoms with Gasteiger partial charge in [0.25, 0.3) is 11.5 Å². The van der Waals surface area contributed by atoms with Crippen molar-refractivity contribution in [1.29, 1.82) is 0 Å². The van der Waals surface area contributed by atoms with Crippen molar-refractivity contribution >= 4 is 23.6 Å². The molecule has 1 aliphatic rings. The Morgan fingerprint density at radius 3 is 2.96 bits per heavy atom. The molecule has 23 heavy (non-hydrogen) atoms. The fourth-order valence-electron chi connectivity index (χ4n) is 2.67. The van der Waals surface area contributed by atoms with Gasteiger partial charge in [-0.2, -0.15) is 0 Å². The summed E-state index contributed by atoms with van der Waals surface area (Å²) in [5, 5.41) is 3.71. The van der Waals surface area contributed by atoms with E-state index in [1.807, 2.05) is 6.26 Å². The van der Waals surface area contributed by atoms with E-state index >= 15 is 0 Å². The van der Waals surface area contributed by atoms with E-state index in [1.54, 1.807) is 18.3 Å². The Morgan fingerprint density at radius 1 is 1.48 bits per heavy atom. The third-order valence-corrected chi connectivity index (χ3v) is 4.59. The first kappa shape index (κ1) is 15.5. The zero-order chi connectivity index (χ0) is 16.4. The quantitative estimate of drug-likeness (QED) is 0.724. The van der Waals surface area contributed by atoms with Crippen LogP contribution in [0.15, 0.2) is 34.2 Å². The van der Waals surface area contributed by atoms with Crippen LogP contribution in [0.2, 0.25) is 0 Å². The number of aromatic nitrogens is 3. The second-order valence-corrected chi connectivity index (χ2v) is 6.25. The van der Waals surface area contributed by atoms with Crippen molar-refractivity contribution < 1.29 is 4.79 Å². The van der Waals surface area contributed by atoms with Gasteiger partial charge in [0.2, 0.25) is 5.95 Å². The van der Waals surface area contributed by atoms with Crippen molar-refractivity contribution in [3.8, 4) is 0 Å². The fraction of sp³-hybridized carbons (Fsp3) is 0.333. The molecule has 0 radical (unpaired) electrons. The molecule has 0 aromatic carbocycles. The lowest BCUT2D eigenvalue weighted by molar-refractivity contribution is 0.0904. The van der Waals surface area contributed by atoms with Crippen LogP contribution in [0, 0.1) is 0 Å². The summed E-state index contributed by atoms with van der Waals surface area (Å²) < 4.78 is 0. The molecule has 0 saturated heterocycles. The molecular weight excluding hydrogens is 314 g/mol. The number of nitrogens with two attached hydrogens (primary N) is 1. The van der Waals surface area contributed by atoms with E-state index in [0.717, 1.165) is 12.8 Å². The van der Waals surface area contributed by atoms with E-state index < -0.39 is 0 Å². The molecule has 0 bridgehead atoms. The number of carbonyl (C=O) groups excluding carboxylic acids is 1. The minimum Gasteiger partial charge on any atom is -0.369 e. The van der Waals surface area contributed by atoms with Crippen LogP contribution < -0.4 is 16.6 Å². The number of hydrogen-bond donors (Lipinski definition) is 3. The second kappa shape index (κ2) is 6.41. The molecule has 0 aliphatic heterocycles. The van der Waals surface area contributed by atoms with Crippen molar-refractivity contribution in [3.63, 3.8) is 0 Å². The standard InChI is InChI=1S/C15H17N5O2S/c1-23-14-10(3-2-4-17-14)13(22)18-9-5-8(6-9)11-7-12(21)20-15(16)19-11/h2-4,7-9H,5-6H2,1H3,(H,18,22)(H3,16,19,20,21). The molecule has 1 saturated carbocycles. The van der Waals surface area contributed by atoms with Gasteiger partial charge in [-0.25, -0.2) is 9.97 Å². The summed E-state index contributed by atoms with van der Waals surface area (Å²) in [6, 6.07) is 5.06. The molecule has 4 N–H and O–H groups in total. The van der Waals surface area contributed by atoms with Crippen molar-refractivity contribution in [2.24, 2.45) is 0 Å². The summed E-state index contributed by atoms with van der Waals surface area (Å²) >= 11 is 1.44. The lowest BCUT2D eigenvalue weighted by atomic mass is 9.78. The largest absolute Gasteiger partial charge is 0.369 e. The molecule has 120 valence electrons. The topological polar surface area (TPSA) is 114 Å². The normalized spacial score (nSPS) is 19.9. The van der Waals surface area contributed by atoms with Gasteiger partial charge in [0.05, 0.1) is 11.3 Å². The van der Waals surface area contributed by atoms with Crippen LogP contribution in [0.25, 0.3) is 0 Å². The molecule has 0 atom stereocenters. The van der Waals surface area contributed by atoms with Crippen LogP contribution >= 0.6 is 11.8 Å². The fourth-order valence-corrected chi connectivity index (χ4v) is 3.22. The maximum Gasteiger partial charge on any atom is 0.254 e. The summed E-state index contributed by atoms with van der Waals surface area (Å²) in [6.45, 7) is 0. The van der Waals surface area contributed by atoms with Gasteiger partial charge in [-0.05, 0) is 31.2 Å². The number of rotatable bonds is 4. The zero-order valence-electron chi connectivity index (χ0n) is 12.6. The Balaban J connectivity index is 1.62. The number of thioether (sulfide) groups is 1. The van der Waals surface area contributed by atoms with Crippen LogP contribution in [0.4, 0.5) is 5.95 Å². The van der Waals surface area contributed by atoms with Gasteiger partial charge in [-0.15, -0.1) is 11.8 Å². The third kappa shape index (κ3) is 3.37. The van der Waals surface area contributed by atoms with Gasteiger partial charge >= 0.3 is 0 Å². The molecule has 3 rings (SSSR count). The van der Waals surface area contributed by atoms with Crippen LogP contribution in [0.1, 0.15) is 34.8 Å². The average molecular weight is 331 g/mol. The first-order valence-electron chi connectivity index (χ1n) is 7.23. The highest BCUT2D eigenvalue weighted by Gasteiger charge is 2.33. The number of anilines is 1. The van der Waals surface area contributed by atoms with Gasteiger partial charge in [0, 0.05) is 24.2 Å². The smallest absolute Gasteiger partial charge is 0.254 e. The average Bonchev–Trinajstić information content (AvgIpc) is 2.49. The molecule has 1 amide bonds. The van der Waals surface area contributed by atoms with Crippen LogP contribution in [-0.4, -0.2) is 33.2 Å². The maximum absolute atomic E-state index is 12.3. The number of pyridine rings is 1. The number of amides is 1. The van der Waals surface area contributed by atoms with Gasteiger partial charge in [-0.3, -0.25) is 14.6 Å². The van der Waals surface area contributed by atoms with E-state index in [4.69, 9.17) is 5.73 Å². The minimum absolute atomic E-state index is 0.0738. The van der Waals surface area contributed by atoms with Crippen LogP contribution in [0.5, 0.6) is 0 Å². The molecule has 1 fully saturated rings. The monoisotopic (exact) mass is 331 g/mol. The summed E-state index contributed by atoms with van der Waals surface area (Å²) in [4.78, 5) is 34.5. The van der Waals surface area contributed by atoms with Crippen LogP contribution in [0.3, 0.4) is 0 Å². The summed E-state index contributed by atoms with van der Waals surface area (Å²) in [5.41, 5.74) is 6.57. The third-order valence-electron chi connectivity index (χ3n) is 3.88. The van der Waals surface area contributed by atoms with Crippen molar-refractivity contribution in [2.75, 3.05) is 12.0 Å². The number of H-pyrrole nitrogens is 1. The van der Waals surface area contributed by atoms with Gasteiger partial charge < -0.3 is 11.1 Å². The molecule has 2 aromatic heterocycles. The molecular formula is C15H17N5O2S. The lowest BCUT2D eigenvalue weighted by Crippen LogP contribution is -2.44. The predicted molar refractivity (Wildman–Crippen MR) is 88.5 cm³/mol. The molecule has 0 spiro atoms. The molecule has 2 heterocycles. The summed E-state index contributed by atoms with van der Waals surface area (Å²) in [7, 11) is 0. The summed E-state index contributed by atoms with van der Waals surface area (Å²) in [5.74, 6) is 0.156. The SMILES string of the molecule is CSc1ncccc1C(=O)NC1CC(c2cc(=O)[nH]c(N)n2)C1. The minimum atomic E-state index is -0.250. The van der Waals surface area contributed by atoms with Crippen molar-refractivity contribution in [2.45, 2.75) is 29.8 Å². The number of carbonyl (C=O) groups is 1. The van der Waals surface area contributed by atoms with Gasteiger partial charge in [0.1, 0.15) is 5.03 Å². The lowest BCUT2D eigenvalue weighted by Gasteiger charge is -2.35. The van der Waals surface area contributed by atoms with Crippen molar-refractivity contribution in [1.82, 2.24) is 20.3 Å². The van der Waals surface area contributed by atoms with Crippen LogP contribution in [-0.2, 0) is 0 Å². The van der Waals surface area contributed by atoms with E-state index in [1.165, 1.54) is 17.8 Å². The van der Waals surface area contributed by atoms with Crippen molar-refractivity contribution in [3.05, 3.63) is 46.0 Å². The van der Waals surface area contributed by atoms with Gasteiger partial charge in [0.15, 0.2) is 0 Å². The number of hydrogen-bond acceptors (Lipinski definition) is 6. The Bertz CT molecular complexity index is 785. The van der Waals surface area contributed by atoms with E-state index in [9.17, 15) is 9.59 Å². The maximum atomic E-state index is 12.3. The molecule has 7 nitrogen and oxygen atoms in total. The molecule has 1 aliphatic carbocycles. The Hall–Kier alpha value is -2.35. The predicted octanol–water partition coefficient (Wildman–Crippen LogP) is 1.15. The highest BCUT2D eigenvalue weighted by molar-refractivity contribution is 7.98. The highest BCUT2D eigenvalue weighted by Crippen LogP contribution is 2.35. The Morgan fingerprint density at radius 2 is 2.26 bits per heavy atom. The number of nitrogens with zero attached hydrogens (tertiary/aromatic N) is 2. The Kier molecular flexibility index (Phi) is 4.33. The zero-order valence-corrected chi connectivity index (χ0v) is 13.4. The molecule has 0 unspecified atom stereocenters. The second-order valence-electron chi connectivity index (χ2n) is 5.45. The van der Waals surface area contributed by atoms with E-state index in [-0.39, 0.29) is 29.4 Å².